The summed E-state index contributed by atoms with van der Waals surface area (Å²) < 4.78 is 2.03. The molecule has 0 spiro atoms. The highest BCUT2D eigenvalue weighted by Crippen LogP contribution is 2.16. The van der Waals surface area contributed by atoms with Crippen LogP contribution in [0.25, 0.3) is 0 Å². The number of hydrogen-bond donors (Lipinski definition) is 0. The van der Waals surface area contributed by atoms with Crippen molar-refractivity contribution in [1.82, 2.24) is 15.0 Å². The Hall–Kier alpha value is -0.360. The van der Waals surface area contributed by atoms with Gasteiger partial charge in [-0.2, -0.15) is 11.8 Å². The third-order valence-electron chi connectivity index (χ3n) is 1.73. The van der Waals surface area contributed by atoms with Crippen molar-refractivity contribution in [2.45, 2.75) is 13.8 Å². The monoisotopic (exact) mass is 291 g/mol. The van der Waals surface area contributed by atoms with E-state index in [4.69, 9.17) is 0 Å². The van der Waals surface area contributed by atoms with Crippen LogP contribution in [-0.2, 0) is 7.05 Å². The van der Waals surface area contributed by atoms with Crippen molar-refractivity contribution in [2.75, 3.05) is 11.5 Å². The number of Topliss-reactive ketones (excluding diaryl/α,β-unsaturated/α-hetero) is 1. The molecule has 0 unspecified atom stereocenters. The van der Waals surface area contributed by atoms with Crippen LogP contribution < -0.4 is 0 Å². The SMILES string of the molecule is CC(C)CSCC(=O)c1c(Br)nnn1C. The number of carbonyl (C=O) groups is 1. The Morgan fingerprint density at radius 1 is 1.60 bits per heavy atom. The molecule has 0 fully saturated rings. The van der Waals surface area contributed by atoms with Crippen LogP contribution in [0.1, 0.15) is 24.3 Å². The Balaban J connectivity index is 2.54. The number of carbonyl (C=O) groups excluding carboxylic acids is 1. The molecule has 1 rings (SSSR count). The molecule has 84 valence electrons. The predicted octanol–water partition coefficient (Wildman–Crippen LogP) is 2.15. The van der Waals surface area contributed by atoms with Crippen LogP contribution in [0.15, 0.2) is 4.60 Å². The summed E-state index contributed by atoms with van der Waals surface area (Å²) in [7, 11) is 1.72. The van der Waals surface area contributed by atoms with Crippen LogP contribution in [0.4, 0.5) is 0 Å². The minimum Gasteiger partial charge on any atom is -0.291 e. The lowest BCUT2D eigenvalue weighted by atomic mass is 10.3. The molecular formula is C9H14BrN3OS. The maximum Gasteiger partial charge on any atom is 0.193 e. The molecule has 0 aromatic carbocycles. The zero-order valence-electron chi connectivity index (χ0n) is 9.03. The van der Waals surface area contributed by atoms with E-state index in [1.54, 1.807) is 18.8 Å². The number of halogens is 1. The van der Waals surface area contributed by atoms with E-state index in [1.807, 2.05) is 0 Å². The molecule has 0 bridgehead atoms. The highest BCUT2D eigenvalue weighted by Gasteiger charge is 2.16. The van der Waals surface area contributed by atoms with E-state index in [9.17, 15) is 4.79 Å². The Bertz CT molecular complexity index is 332. The summed E-state index contributed by atoms with van der Waals surface area (Å²) in [6.07, 6.45) is 0. The molecule has 0 aliphatic rings. The zero-order chi connectivity index (χ0) is 11.4. The maximum absolute atomic E-state index is 11.8. The van der Waals surface area contributed by atoms with Gasteiger partial charge in [0.15, 0.2) is 10.4 Å². The third kappa shape index (κ3) is 3.61. The lowest BCUT2D eigenvalue weighted by Crippen LogP contribution is -2.10. The van der Waals surface area contributed by atoms with Crippen LogP contribution in [0, 0.1) is 5.92 Å². The van der Waals surface area contributed by atoms with Crippen LogP contribution in [-0.4, -0.2) is 32.3 Å². The lowest BCUT2D eigenvalue weighted by molar-refractivity contribution is 0.101. The highest BCUT2D eigenvalue weighted by atomic mass is 79.9. The highest BCUT2D eigenvalue weighted by molar-refractivity contribution is 9.10. The molecule has 0 radical (unpaired) electrons. The summed E-state index contributed by atoms with van der Waals surface area (Å²) in [5.41, 5.74) is 0.547. The van der Waals surface area contributed by atoms with Crippen LogP contribution in [0.3, 0.4) is 0 Å². The molecule has 0 atom stereocenters. The maximum atomic E-state index is 11.8. The topological polar surface area (TPSA) is 47.8 Å². The molecule has 0 aliphatic heterocycles. The number of nitrogens with zero attached hydrogens (tertiary/aromatic N) is 3. The van der Waals surface area contributed by atoms with Crippen LogP contribution in [0.2, 0.25) is 0 Å². The number of ketones is 1. The molecule has 0 aliphatic carbocycles. The van der Waals surface area contributed by atoms with Gasteiger partial charge in [0.25, 0.3) is 0 Å². The lowest BCUT2D eigenvalue weighted by Gasteiger charge is -2.03. The summed E-state index contributed by atoms with van der Waals surface area (Å²) in [6, 6.07) is 0. The second-order valence-electron chi connectivity index (χ2n) is 3.68. The summed E-state index contributed by atoms with van der Waals surface area (Å²) in [5, 5.41) is 7.55. The summed E-state index contributed by atoms with van der Waals surface area (Å²) >= 11 is 4.86. The van der Waals surface area contributed by atoms with Gasteiger partial charge in [0, 0.05) is 7.05 Å². The quantitative estimate of drug-likeness (QED) is 0.780. The van der Waals surface area contributed by atoms with Crippen molar-refractivity contribution in [3.8, 4) is 0 Å². The first-order chi connectivity index (χ1) is 7.02. The van der Waals surface area contributed by atoms with Gasteiger partial charge in [-0.1, -0.05) is 19.1 Å². The fraction of sp³-hybridized carbons (Fsp3) is 0.667. The molecule has 6 heteroatoms. The van der Waals surface area contributed by atoms with Gasteiger partial charge in [0.05, 0.1) is 5.75 Å². The van der Waals surface area contributed by atoms with Gasteiger partial charge in [-0.3, -0.25) is 4.79 Å². The fourth-order valence-corrected chi connectivity index (χ4v) is 2.54. The molecule has 0 saturated carbocycles. The first-order valence-electron chi connectivity index (χ1n) is 4.68. The van der Waals surface area contributed by atoms with Crippen molar-refractivity contribution in [3.05, 3.63) is 10.3 Å². The van der Waals surface area contributed by atoms with E-state index in [0.29, 0.717) is 22.0 Å². The van der Waals surface area contributed by atoms with E-state index < -0.39 is 0 Å². The minimum absolute atomic E-state index is 0.0695. The largest absolute Gasteiger partial charge is 0.291 e. The first-order valence-corrected chi connectivity index (χ1v) is 6.63. The number of aromatic nitrogens is 3. The Kier molecular flexibility index (Phi) is 4.79. The van der Waals surface area contributed by atoms with Gasteiger partial charge in [-0.05, 0) is 27.6 Å². The molecule has 0 amide bonds. The molecule has 0 saturated heterocycles. The normalized spacial score (nSPS) is 11.0. The molecule has 1 aromatic heterocycles. The minimum atomic E-state index is 0.0695. The van der Waals surface area contributed by atoms with E-state index >= 15 is 0 Å². The Morgan fingerprint density at radius 2 is 2.27 bits per heavy atom. The van der Waals surface area contributed by atoms with Crippen molar-refractivity contribution in [3.63, 3.8) is 0 Å². The van der Waals surface area contributed by atoms with Crippen molar-refractivity contribution in [1.29, 1.82) is 0 Å². The van der Waals surface area contributed by atoms with Gasteiger partial charge in [0.2, 0.25) is 0 Å². The fourth-order valence-electron chi connectivity index (χ4n) is 1.08. The smallest absolute Gasteiger partial charge is 0.193 e. The van der Waals surface area contributed by atoms with Gasteiger partial charge in [-0.15, -0.1) is 5.10 Å². The van der Waals surface area contributed by atoms with Gasteiger partial charge < -0.3 is 0 Å². The van der Waals surface area contributed by atoms with Crippen molar-refractivity contribution in [2.24, 2.45) is 13.0 Å². The zero-order valence-corrected chi connectivity index (χ0v) is 11.4. The number of aryl methyl sites for hydroxylation is 1. The molecule has 15 heavy (non-hydrogen) atoms. The summed E-state index contributed by atoms with van der Waals surface area (Å²) in [4.78, 5) is 11.8. The van der Waals surface area contributed by atoms with Gasteiger partial charge in [-0.25, -0.2) is 4.68 Å². The first kappa shape index (κ1) is 12.7. The van der Waals surface area contributed by atoms with E-state index in [2.05, 4.69) is 40.1 Å². The molecule has 1 heterocycles. The summed E-state index contributed by atoms with van der Waals surface area (Å²) in [5.74, 6) is 2.16. The van der Waals surface area contributed by atoms with Gasteiger partial charge in [0.1, 0.15) is 5.69 Å². The second-order valence-corrected chi connectivity index (χ2v) is 5.47. The van der Waals surface area contributed by atoms with Gasteiger partial charge >= 0.3 is 0 Å². The van der Waals surface area contributed by atoms with Crippen LogP contribution >= 0.6 is 27.7 Å². The molecular weight excluding hydrogens is 278 g/mol. The Labute approximate surface area is 102 Å². The van der Waals surface area contributed by atoms with E-state index in [-0.39, 0.29) is 5.78 Å². The third-order valence-corrected chi connectivity index (χ3v) is 3.64. The Morgan fingerprint density at radius 3 is 2.73 bits per heavy atom. The molecule has 0 N–H and O–H groups in total. The second kappa shape index (κ2) is 5.65. The van der Waals surface area contributed by atoms with Crippen molar-refractivity contribution >= 4 is 33.5 Å². The van der Waals surface area contributed by atoms with Crippen molar-refractivity contribution < 1.29 is 4.79 Å². The van der Waals surface area contributed by atoms with E-state index in [0.717, 1.165) is 5.75 Å². The average Bonchev–Trinajstić information content (AvgIpc) is 2.45. The van der Waals surface area contributed by atoms with E-state index in [1.165, 1.54) is 4.68 Å². The number of thioether (sulfide) groups is 1. The van der Waals surface area contributed by atoms with Crippen LogP contribution in [0.5, 0.6) is 0 Å². The average molecular weight is 292 g/mol. The molecule has 1 aromatic rings. The summed E-state index contributed by atoms with van der Waals surface area (Å²) in [6.45, 7) is 4.28. The standard InChI is InChI=1S/C9H14BrN3OS/c1-6(2)4-15-5-7(14)8-9(10)11-12-13(8)3/h6H,4-5H2,1-3H3. The predicted molar refractivity (Wildman–Crippen MR) is 65.2 cm³/mol. The molecule has 4 nitrogen and oxygen atoms in total. The number of hydrogen-bond acceptors (Lipinski definition) is 4. The number of rotatable bonds is 5.